The van der Waals surface area contributed by atoms with Crippen LogP contribution in [0.25, 0.3) is 22.1 Å². The van der Waals surface area contributed by atoms with Crippen LogP contribution < -0.4 is 14.8 Å². The second kappa shape index (κ2) is 7.76. The van der Waals surface area contributed by atoms with Crippen molar-refractivity contribution in [3.05, 3.63) is 103 Å². The Balaban J connectivity index is 1.45. The minimum absolute atomic E-state index is 0.0640. The number of nitrogens with zero attached hydrogens (tertiary/aromatic N) is 2. The van der Waals surface area contributed by atoms with Crippen molar-refractivity contribution in [2.24, 2.45) is 0 Å². The van der Waals surface area contributed by atoms with Crippen LogP contribution in [0, 0.1) is 0 Å². The molecular weight excluding hydrogens is 439 g/mol. The Kier molecular flexibility index (Phi) is 4.95. The Morgan fingerprint density at radius 1 is 1.00 bits per heavy atom. The molecule has 0 radical (unpaired) electrons. The van der Waals surface area contributed by atoms with Crippen molar-refractivity contribution in [2.45, 2.75) is 6.61 Å². The molecule has 0 N–H and O–H groups in total. The predicted molar refractivity (Wildman–Crippen MR) is 123 cm³/mol. The van der Waals surface area contributed by atoms with Crippen LogP contribution in [0.2, 0.25) is 10.0 Å². The molecule has 0 aliphatic heterocycles. The Morgan fingerprint density at radius 3 is 2.73 bits per heavy atom. The number of rotatable bonds is 4. The summed E-state index contributed by atoms with van der Waals surface area (Å²) in [6, 6.07) is 20.7. The zero-order chi connectivity index (χ0) is 20.7. The number of thiazole rings is 1. The molecule has 0 saturated heterocycles. The number of imidazole rings is 1. The molecular formula is C23H14Cl2N2O2S. The van der Waals surface area contributed by atoms with Crippen LogP contribution in [0.1, 0.15) is 11.1 Å². The Hall–Kier alpha value is -2.86. The van der Waals surface area contributed by atoms with Crippen LogP contribution in [-0.4, -0.2) is 9.38 Å². The maximum atomic E-state index is 12.9. The molecule has 0 unspecified atom stereocenters. The lowest BCUT2D eigenvalue weighted by atomic mass is 10.2. The van der Waals surface area contributed by atoms with Crippen molar-refractivity contribution in [3.63, 3.8) is 0 Å². The first-order chi connectivity index (χ1) is 14.6. The molecule has 7 heteroatoms. The predicted octanol–water partition coefficient (Wildman–Crippen LogP) is 5.34. The van der Waals surface area contributed by atoms with E-state index in [-0.39, 0.29) is 5.56 Å². The lowest BCUT2D eigenvalue weighted by Crippen LogP contribution is -2.22. The molecule has 30 heavy (non-hydrogen) atoms. The minimum Gasteiger partial charge on any atom is -0.489 e. The van der Waals surface area contributed by atoms with Gasteiger partial charge in [0.25, 0.3) is 5.56 Å². The maximum absolute atomic E-state index is 12.9. The molecule has 2 heterocycles. The number of fused-ring (bicyclic) bond motifs is 3. The van der Waals surface area contributed by atoms with E-state index in [2.05, 4.69) is 4.98 Å². The summed E-state index contributed by atoms with van der Waals surface area (Å²) in [5, 5.41) is 1.01. The van der Waals surface area contributed by atoms with E-state index in [1.165, 1.54) is 11.3 Å². The summed E-state index contributed by atoms with van der Waals surface area (Å²) in [5.41, 5.74) is 3.39. The molecule has 0 fully saturated rings. The van der Waals surface area contributed by atoms with Gasteiger partial charge in [0.1, 0.15) is 12.4 Å². The van der Waals surface area contributed by atoms with Gasteiger partial charge in [-0.1, -0.05) is 64.9 Å². The standard InChI is InChI=1S/C23H14Cl2N2O2S/c24-17-9-8-15(11-18(17)25)13-29-16-5-3-4-14(10-16)12-21-22(28)27-20-7-2-1-6-19(20)26-23(27)30-21/h1-12H,13H2. The number of para-hydroxylation sites is 2. The smallest absolute Gasteiger partial charge is 0.274 e. The van der Waals surface area contributed by atoms with Gasteiger partial charge in [-0.05, 0) is 53.6 Å². The molecule has 4 nitrogen and oxygen atoms in total. The van der Waals surface area contributed by atoms with Crippen molar-refractivity contribution in [2.75, 3.05) is 0 Å². The molecule has 0 bridgehead atoms. The molecule has 2 aromatic heterocycles. The summed E-state index contributed by atoms with van der Waals surface area (Å²) < 4.78 is 8.18. The van der Waals surface area contributed by atoms with Gasteiger partial charge in [-0.25, -0.2) is 9.38 Å². The van der Waals surface area contributed by atoms with Crippen molar-refractivity contribution in [1.29, 1.82) is 0 Å². The number of halogens is 2. The van der Waals surface area contributed by atoms with Crippen LogP contribution in [0.15, 0.2) is 71.5 Å². The topological polar surface area (TPSA) is 43.6 Å². The van der Waals surface area contributed by atoms with Crippen molar-refractivity contribution < 1.29 is 4.74 Å². The highest BCUT2D eigenvalue weighted by molar-refractivity contribution is 7.15. The van der Waals surface area contributed by atoms with E-state index in [0.717, 1.165) is 22.2 Å². The van der Waals surface area contributed by atoms with Crippen molar-refractivity contribution in [1.82, 2.24) is 9.38 Å². The lowest BCUT2D eigenvalue weighted by Gasteiger charge is -2.07. The zero-order valence-electron chi connectivity index (χ0n) is 15.5. The van der Waals surface area contributed by atoms with E-state index in [9.17, 15) is 4.79 Å². The average molecular weight is 453 g/mol. The molecule has 0 aliphatic rings. The molecule has 0 saturated carbocycles. The summed E-state index contributed by atoms with van der Waals surface area (Å²) >= 11 is 13.4. The molecule has 148 valence electrons. The fourth-order valence-electron chi connectivity index (χ4n) is 3.25. The molecule has 0 spiro atoms. The van der Waals surface area contributed by atoms with Gasteiger partial charge in [-0.3, -0.25) is 4.79 Å². The van der Waals surface area contributed by atoms with E-state index in [0.29, 0.717) is 31.9 Å². The first-order valence-corrected chi connectivity index (χ1v) is 10.7. The Labute approximate surface area is 185 Å². The Bertz CT molecular complexity index is 1510. The molecule has 0 atom stereocenters. The summed E-state index contributed by atoms with van der Waals surface area (Å²) in [6.07, 6.45) is 1.86. The average Bonchev–Trinajstić information content (AvgIpc) is 3.25. The zero-order valence-corrected chi connectivity index (χ0v) is 17.8. The highest BCUT2D eigenvalue weighted by atomic mass is 35.5. The molecule has 5 aromatic rings. The molecule has 0 aliphatic carbocycles. The normalized spacial score (nSPS) is 12.1. The van der Waals surface area contributed by atoms with Gasteiger partial charge in [0, 0.05) is 0 Å². The fourth-order valence-corrected chi connectivity index (χ4v) is 4.56. The summed E-state index contributed by atoms with van der Waals surface area (Å²) in [6.45, 7) is 0.367. The van der Waals surface area contributed by atoms with Gasteiger partial charge in [0.2, 0.25) is 0 Å². The summed E-state index contributed by atoms with van der Waals surface area (Å²) in [4.78, 5) is 18.2. The summed E-state index contributed by atoms with van der Waals surface area (Å²) in [7, 11) is 0. The van der Waals surface area contributed by atoms with Crippen LogP contribution in [-0.2, 0) is 6.61 Å². The van der Waals surface area contributed by atoms with Crippen molar-refractivity contribution in [3.8, 4) is 5.75 Å². The summed E-state index contributed by atoms with van der Waals surface area (Å²) in [5.74, 6) is 0.703. The van der Waals surface area contributed by atoms with Crippen LogP contribution in [0.5, 0.6) is 5.75 Å². The SMILES string of the molecule is O=c1c(=Cc2cccc(OCc3ccc(Cl)c(Cl)c3)c2)sc2nc3ccccc3n12. The highest BCUT2D eigenvalue weighted by Crippen LogP contribution is 2.24. The largest absolute Gasteiger partial charge is 0.489 e. The third-order valence-corrected chi connectivity index (χ3v) is 6.40. The van der Waals surface area contributed by atoms with Gasteiger partial charge < -0.3 is 4.74 Å². The van der Waals surface area contributed by atoms with Gasteiger partial charge in [-0.15, -0.1) is 0 Å². The van der Waals surface area contributed by atoms with Crippen LogP contribution in [0.4, 0.5) is 0 Å². The number of hydrogen-bond donors (Lipinski definition) is 0. The number of aromatic nitrogens is 2. The number of benzene rings is 3. The number of ether oxygens (including phenoxy) is 1. The maximum Gasteiger partial charge on any atom is 0.274 e. The van der Waals surface area contributed by atoms with Gasteiger partial charge >= 0.3 is 0 Å². The third-order valence-electron chi connectivity index (χ3n) is 4.69. The third kappa shape index (κ3) is 3.56. The van der Waals surface area contributed by atoms with E-state index in [1.807, 2.05) is 60.7 Å². The van der Waals surface area contributed by atoms with Gasteiger partial charge in [0.05, 0.1) is 25.6 Å². The van der Waals surface area contributed by atoms with Crippen LogP contribution >= 0.6 is 34.5 Å². The van der Waals surface area contributed by atoms with Gasteiger partial charge in [0.15, 0.2) is 4.96 Å². The van der Waals surface area contributed by atoms with E-state index >= 15 is 0 Å². The molecule has 0 amide bonds. The van der Waals surface area contributed by atoms with E-state index in [1.54, 1.807) is 16.5 Å². The Morgan fingerprint density at radius 2 is 1.87 bits per heavy atom. The highest BCUT2D eigenvalue weighted by Gasteiger charge is 2.10. The van der Waals surface area contributed by atoms with E-state index in [4.69, 9.17) is 27.9 Å². The molecule has 3 aromatic carbocycles. The lowest BCUT2D eigenvalue weighted by molar-refractivity contribution is 0.306. The fraction of sp³-hybridized carbons (Fsp3) is 0.0435. The molecule has 5 rings (SSSR count). The first-order valence-electron chi connectivity index (χ1n) is 9.17. The van der Waals surface area contributed by atoms with Crippen LogP contribution in [0.3, 0.4) is 0 Å². The quantitative estimate of drug-likeness (QED) is 0.369. The second-order valence-corrected chi connectivity index (χ2v) is 8.57. The van der Waals surface area contributed by atoms with E-state index < -0.39 is 0 Å². The first kappa shape index (κ1) is 19.1. The minimum atomic E-state index is -0.0640. The number of hydrogen-bond acceptors (Lipinski definition) is 4. The monoisotopic (exact) mass is 452 g/mol. The van der Waals surface area contributed by atoms with Crippen molar-refractivity contribution >= 4 is 56.6 Å². The second-order valence-electron chi connectivity index (χ2n) is 6.74. The van der Waals surface area contributed by atoms with Gasteiger partial charge in [-0.2, -0.15) is 0 Å².